The topological polar surface area (TPSA) is 55.2 Å². The third kappa shape index (κ3) is 2.63. The van der Waals surface area contributed by atoms with Crippen LogP contribution in [0, 0.1) is 0 Å². The van der Waals surface area contributed by atoms with Crippen molar-refractivity contribution >= 4 is 23.1 Å². The van der Waals surface area contributed by atoms with Crippen LogP contribution in [-0.2, 0) is 0 Å². The summed E-state index contributed by atoms with van der Waals surface area (Å²) in [4.78, 5) is 11.2. The van der Waals surface area contributed by atoms with Crippen LogP contribution in [0.5, 0.6) is 5.75 Å². The normalized spacial score (nSPS) is 20.4. The highest BCUT2D eigenvalue weighted by Crippen LogP contribution is 2.43. The van der Waals surface area contributed by atoms with E-state index in [0.29, 0.717) is 11.2 Å². The Hall–Kier alpha value is -2.73. The molecule has 5 rings (SSSR count). The number of benzene rings is 1. The van der Waals surface area contributed by atoms with Crippen LogP contribution >= 0.6 is 11.6 Å². The van der Waals surface area contributed by atoms with Crippen LogP contribution < -0.4 is 15.0 Å². The van der Waals surface area contributed by atoms with Gasteiger partial charge in [0.2, 0.25) is 0 Å². The number of aromatic nitrogens is 3. The van der Waals surface area contributed by atoms with Crippen molar-refractivity contribution in [2.45, 2.75) is 24.9 Å². The number of nitrogens with one attached hydrogen (secondary N) is 1. The Balaban J connectivity index is 1.62. The Morgan fingerprint density at radius 1 is 1.19 bits per heavy atom. The van der Waals surface area contributed by atoms with Crippen molar-refractivity contribution in [1.29, 1.82) is 0 Å². The molecule has 7 heteroatoms. The van der Waals surface area contributed by atoms with Crippen molar-refractivity contribution in [2.24, 2.45) is 0 Å². The van der Waals surface area contributed by atoms with E-state index in [9.17, 15) is 0 Å². The third-order valence-corrected chi connectivity index (χ3v) is 5.74. The lowest BCUT2D eigenvalue weighted by Crippen LogP contribution is -2.37. The molecule has 0 aliphatic carbocycles. The molecule has 1 aromatic carbocycles. The molecule has 1 saturated heterocycles. The highest BCUT2D eigenvalue weighted by atomic mass is 35.5. The Bertz CT molecular complexity index is 971. The molecule has 138 valence electrons. The van der Waals surface area contributed by atoms with Crippen LogP contribution in [0.3, 0.4) is 0 Å². The second-order valence-corrected chi connectivity index (χ2v) is 7.25. The SMILES string of the molecule is COc1ccc(N[C@H]2c3cccn3-c3c(Cl)ncnc3N3CCC[C@@H]23)cc1. The number of hydrogen-bond donors (Lipinski definition) is 1. The van der Waals surface area contributed by atoms with E-state index < -0.39 is 0 Å². The fourth-order valence-corrected chi connectivity index (χ4v) is 4.47. The van der Waals surface area contributed by atoms with Gasteiger partial charge in [-0.15, -0.1) is 0 Å². The lowest BCUT2D eigenvalue weighted by atomic mass is 10.0. The van der Waals surface area contributed by atoms with Gasteiger partial charge in [-0.25, -0.2) is 9.97 Å². The maximum absolute atomic E-state index is 6.50. The first-order valence-electron chi connectivity index (χ1n) is 9.11. The third-order valence-electron chi connectivity index (χ3n) is 5.47. The van der Waals surface area contributed by atoms with Gasteiger partial charge in [0, 0.05) is 24.1 Å². The predicted molar refractivity (Wildman–Crippen MR) is 106 cm³/mol. The van der Waals surface area contributed by atoms with Crippen LogP contribution in [0.25, 0.3) is 5.69 Å². The minimum absolute atomic E-state index is 0.112. The molecule has 1 N–H and O–H groups in total. The molecule has 0 bridgehead atoms. The van der Waals surface area contributed by atoms with E-state index in [1.54, 1.807) is 13.4 Å². The molecule has 0 amide bonds. The zero-order valence-corrected chi connectivity index (χ0v) is 15.7. The lowest BCUT2D eigenvalue weighted by molar-refractivity contribution is 0.415. The van der Waals surface area contributed by atoms with E-state index in [1.807, 2.05) is 18.3 Å². The molecule has 6 nitrogen and oxygen atoms in total. The minimum Gasteiger partial charge on any atom is -0.497 e. The number of fused-ring (bicyclic) bond motifs is 5. The van der Waals surface area contributed by atoms with E-state index in [0.717, 1.165) is 48.0 Å². The highest BCUT2D eigenvalue weighted by molar-refractivity contribution is 6.31. The summed E-state index contributed by atoms with van der Waals surface area (Å²) in [5.74, 6) is 1.76. The first-order chi connectivity index (χ1) is 13.3. The first kappa shape index (κ1) is 16.4. The van der Waals surface area contributed by atoms with Crippen molar-refractivity contribution in [3.05, 3.63) is 59.8 Å². The maximum atomic E-state index is 6.50. The molecule has 2 aromatic heterocycles. The van der Waals surface area contributed by atoms with Gasteiger partial charge in [0.25, 0.3) is 0 Å². The largest absolute Gasteiger partial charge is 0.497 e. The minimum atomic E-state index is 0.112. The molecule has 1 fully saturated rings. The zero-order chi connectivity index (χ0) is 18.4. The zero-order valence-electron chi connectivity index (χ0n) is 15.0. The quantitative estimate of drug-likeness (QED) is 0.693. The molecule has 0 radical (unpaired) electrons. The number of hydrogen-bond acceptors (Lipinski definition) is 5. The predicted octanol–water partition coefficient (Wildman–Crippen LogP) is 4.06. The summed E-state index contributed by atoms with van der Waals surface area (Å²) >= 11 is 6.50. The molecule has 3 aromatic rings. The van der Waals surface area contributed by atoms with Crippen molar-refractivity contribution in [3.8, 4) is 11.4 Å². The number of methoxy groups -OCH3 is 1. The van der Waals surface area contributed by atoms with Crippen LogP contribution in [0.15, 0.2) is 48.9 Å². The van der Waals surface area contributed by atoms with E-state index in [1.165, 1.54) is 0 Å². The Morgan fingerprint density at radius 3 is 2.85 bits per heavy atom. The monoisotopic (exact) mass is 381 g/mol. The molecular formula is C20H20ClN5O. The molecule has 2 aliphatic rings. The summed E-state index contributed by atoms with van der Waals surface area (Å²) in [5.41, 5.74) is 3.09. The standard InChI is InChI=1S/C20H20ClN5O/c1-27-14-8-6-13(7-9-14)24-17-15-4-2-10-25(15)18-19(21)22-12-23-20(18)26-11-3-5-16(17)26/h2,4,6-10,12,16-17,24H,3,5,11H2,1H3/t16-,17-/m0/s1. The van der Waals surface area contributed by atoms with Gasteiger partial charge in [-0.05, 0) is 49.2 Å². The Labute approximate surface area is 162 Å². The number of halogens is 1. The lowest BCUT2D eigenvalue weighted by Gasteiger charge is -2.31. The molecule has 0 unspecified atom stereocenters. The smallest absolute Gasteiger partial charge is 0.158 e. The number of ether oxygens (including phenoxy) is 1. The van der Waals surface area contributed by atoms with Crippen molar-refractivity contribution in [1.82, 2.24) is 14.5 Å². The van der Waals surface area contributed by atoms with Crippen molar-refractivity contribution < 1.29 is 4.74 Å². The van der Waals surface area contributed by atoms with Crippen LogP contribution in [-0.4, -0.2) is 34.2 Å². The summed E-state index contributed by atoms with van der Waals surface area (Å²) in [7, 11) is 1.68. The van der Waals surface area contributed by atoms with Gasteiger partial charge in [-0.1, -0.05) is 11.6 Å². The Kier molecular flexibility index (Phi) is 3.93. The fourth-order valence-electron chi connectivity index (χ4n) is 4.25. The summed E-state index contributed by atoms with van der Waals surface area (Å²) < 4.78 is 7.40. The van der Waals surface area contributed by atoms with E-state index in [4.69, 9.17) is 16.3 Å². The molecule has 2 atom stereocenters. The number of rotatable bonds is 3. The number of anilines is 2. The molecule has 0 saturated carbocycles. The van der Waals surface area contributed by atoms with Crippen LogP contribution in [0.4, 0.5) is 11.5 Å². The maximum Gasteiger partial charge on any atom is 0.158 e. The second kappa shape index (κ2) is 6.46. The van der Waals surface area contributed by atoms with E-state index in [2.05, 4.69) is 49.0 Å². The van der Waals surface area contributed by atoms with Crippen molar-refractivity contribution in [3.63, 3.8) is 0 Å². The fraction of sp³-hybridized carbons (Fsp3) is 0.300. The molecule has 27 heavy (non-hydrogen) atoms. The summed E-state index contributed by atoms with van der Waals surface area (Å²) in [6, 6.07) is 12.7. The number of nitrogens with zero attached hydrogens (tertiary/aromatic N) is 4. The van der Waals surface area contributed by atoms with Gasteiger partial charge in [0.1, 0.15) is 17.8 Å². The van der Waals surface area contributed by atoms with Gasteiger partial charge in [-0.2, -0.15) is 0 Å². The summed E-state index contributed by atoms with van der Waals surface area (Å²) in [6.07, 6.45) is 5.82. The average Bonchev–Trinajstić information content (AvgIpc) is 3.34. The van der Waals surface area contributed by atoms with Crippen LogP contribution in [0.1, 0.15) is 24.6 Å². The van der Waals surface area contributed by atoms with Gasteiger partial charge in [0.15, 0.2) is 11.0 Å². The Morgan fingerprint density at radius 2 is 2.04 bits per heavy atom. The van der Waals surface area contributed by atoms with E-state index in [-0.39, 0.29) is 6.04 Å². The van der Waals surface area contributed by atoms with Gasteiger partial charge in [-0.3, -0.25) is 0 Å². The summed E-state index contributed by atoms with van der Waals surface area (Å²) in [5, 5.41) is 4.21. The van der Waals surface area contributed by atoms with Gasteiger partial charge in [0.05, 0.1) is 19.2 Å². The highest BCUT2D eigenvalue weighted by Gasteiger charge is 2.39. The van der Waals surface area contributed by atoms with Gasteiger partial charge < -0.3 is 19.5 Å². The average molecular weight is 382 g/mol. The van der Waals surface area contributed by atoms with Crippen LogP contribution in [0.2, 0.25) is 5.15 Å². The van der Waals surface area contributed by atoms with Gasteiger partial charge >= 0.3 is 0 Å². The molecular weight excluding hydrogens is 362 g/mol. The van der Waals surface area contributed by atoms with E-state index >= 15 is 0 Å². The molecule has 2 aliphatic heterocycles. The second-order valence-electron chi connectivity index (χ2n) is 6.89. The van der Waals surface area contributed by atoms with Crippen molar-refractivity contribution in [2.75, 3.05) is 23.9 Å². The first-order valence-corrected chi connectivity index (χ1v) is 9.49. The summed E-state index contributed by atoms with van der Waals surface area (Å²) in [6.45, 7) is 0.969. The molecule has 0 spiro atoms. The molecule has 4 heterocycles.